The van der Waals surface area contributed by atoms with Crippen LogP contribution < -0.4 is 9.47 Å². The molecule has 0 bridgehead atoms. The van der Waals surface area contributed by atoms with Gasteiger partial charge < -0.3 is 33.5 Å². The summed E-state index contributed by atoms with van der Waals surface area (Å²) in [5.74, 6) is 2.53. The molecule has 33 heavy (non-hydrogen) atoms. The van der Waals surface area contributed by atoms with E-state index in [1.54, 1.807) is 0 Å². The molecule has 9 nitrogen and oxygen atoms in total. The maximum Gasteiger partial charge on any atom is 0.163 e. The highest BCUT2D eigenvalue weighted by molar-refractivity contribution is 5.60. The van der Waals surface area contributed by atoms with Crippen molar-refractivity contribution in [3.8, 4) is 34.0 Å². The van der Waals surface area contributed by atoms with Crippen LogP contribution in [-0.2, 0) is 18.0 Å². The van der Waals surface area contributed by atoms with Crippen LogP contribution in [0.15, 0.2) is 69.7 Å². The summed E-state index contributed by atoms with van der Waals surface area (Å²) in [5.41, 5.74) is 3.15. The summed E-state index contributed by atoms with van der Waals surface area (Å²) in [6, 6.07) is 18.4. The van der Waals surface area contributed by atoms with Gasteiger partial charge in [0.25, 0.3) is 0 Å². The molecule has 4 aromatic rings. The van der Waals surface area contributed by atoms with E-state index in [1.807, 2.05) is 60.7 Å². The molecule has 0 saturated carbocycles. The van der Waals surface area contributed by atoms with Gasteiger partial charge in [-0.3, -0.25) is 0 Å². The van der Waals surface area contributed by atoms with Crippen LogP contribution in [-0.4, -0.2) is 47.0 Å². The molecule has 2 heterocycles. The van der Waals surface area contributed by atoms with Gasteiger partial charge in [0.15, 0.2) is 11.5 Å². The lowest BCUT2D eigenvalue weighted by molar-refractivity contribution is 0.0727. The molecule has 0 saturated heterocycles. The van der Waals surface area contributed by atoms with Gasteiger partial charge in [-0.2, -0.15) is 0 Å². The van der Waals surface area contributed by atoms with E-state index >= 15 is 0 Å². The number of aliphatic hydroxyl groups is 2. The van der Waals surface area contributed by atoms with Crippen LogP contribution in [0.3, 0.4) is 0 Å². The monoisotopic (exact) mass is 452 g/mol. The minimum atomic E-state index is -0.0293. The molecular formula is C24H24N2O7. The number of hydrogen-bond acceptors (Lipinski definition) is 9. The summed E-state index contributed by atoms with van der Waals surface area (Å²) < 4.78 is 27.1. The zero-order valence-corrected chi connectivity index (χ0v) is 17.8. The van der Waals surface area contributed by atoms with Crippen molar-refractivity contribution in [2.45, 2.75) is 13.2 Å². The molecule has 4 rings (SSSR count). The standard InChI is InChI=1S/C24H24N2O7/c27-9-11-30-19-5-1-17(2-6-19)23-13-21(32-25-23)15-29-16-22-14-24(26-33-22)18-3-7-20(8-4-18)31-12-10-28/h1-8,13-14,27-28H,9-12,15-16H2. The molecule has 0 aliphatic rings. The summed E-state index contributed by atoms with van der Waals surface area (Å²) in [7, 11) is 0. The molecule has 172 valence electrons. The van der Waals surface area contributed by atoms with E-state index in [0.717, 1.165) is 11.1 Å². The number of benzene rings is 2. The number of nitrogens with zero attached hydrogens (tertiary/aromatic N) is 2. The minimum absolute atomic E-state index is 0.0293. The molecule has 0 spiro atoms. The first kappa shape index (κ1) is 22.5. The fourth-order valence-electron chi connectivity index (χ4n) is 3.06. The summed E-state index contributed by atoms with van der Waals surface area (Å²) in [6.07, 6.45) is 0. The van der Waals surface area contributed by atoms with Gasteiger partial charge in [0.1, 0.15) is 49.3 Å². The third-order valence-electron chi connectivity index (χ3n) is 4.63. The van der Waals surface area contributed by atoms with Gasteiger partial charge in [0, 0.05) is 23.3 Å². The minimum Gasteiger partial charge on any atom is -0.491 e. The van der Waals surface area contributed by atoms with Crippen LogP contribution in [0.4, 0.5) is 0 Å². The fraction of sp³-hybridized carbons (Fsp3) is 0.250. The van der Waals surface area contributed by atoms with Gasteiger partial charge in [-0.15, -0.1) is 0 Å². The molecule has 2 aromatic heterocycles. The molecule has 0 fully saturated rings. The van der Waals surface area contributed by atoms with Crippen molar-refractivity contribution in [3.05, 3.63) is 72.2 Å². The molecular weight excluding hydrogens is 428 g/mol. The highest BCUT2D eigenvalue weighted by Crippen LogP contribution is 2.24. The van der Waals surface area contributed by atoms with Gasteiger partial charge >= 0.3 is 0 Å². The lowest BCUT2D eigenvalue weighted by atomic mass is 10.1. The van der Waals surface area contributed by atoms with Gasteiger partial charge in [-0.05, 0) is 48.5 Å². The van der Waals surface area contributed by atoms with E-state index in [-0.39, 0.29) is 39.6 Å². The first-order valence-electron chi connectivity index (χ1n) is 10.4. The van der Waals surface area contributed by atoms with Crippen LogP contribution in [0.25, 0.3) is 22.5 Å². The molecule has 0 atom stereocenters. The van der Waals surface area contributed by atoms with Crippen molar-refractivity contribution in [2.75, 3.05) is 26.4 Å². The Morgan fingerprint density at radius 3 is 1.45 bits per heavy atom. The average molecular weight is 452 g/mol. The molecule has 2 N–H and O–H groups in total. The van der Waals surface area contributed by atoms with Crippen LogP contribution >= 0.6 is 0 Å². The Morgan fingerprint density at radius 2 is 1.06 bits per heavy atom. The van der Waals surface area contributed by atoms with Crippen molar-refractivity contribution >= 4 is 0 Å². The molecule has 0 amide bonds. The lowest BCUT2D eigenvalue weighted by Gasteiger charge is -2.04. The maximum absolute atomic E-state index is 8.81. The SMILES string of the molecule is OCCOc1ccc(-c2cc(COCc3cc(-c4ccc(OCCO)cc4)no3)on2)cc1. The van der Waals surface area contributed by atoms with Gasteiger partial charge in [-0.1, -0.05) is 10.3 Å². The van der Waals surface area contributed by atoms with Crippen LogP contribution in [0.5, 0.6) is 11.5 Å². The smallest absolute Gasteiger partial charge is 0.163 e. The molecule has 0 aliphatic carbocycles. The third kappa shape index (κ3) is 6.19. The summed E-state index contributed by atoms with van der Waals surface area (Å²) in [6.45, 7) is 0.917. The Labute approximate surface area is 190 Å². The van der Waals surface area contributed by atoms with E-state index in [0.29, 0.717) is 34.4 Å². The predicted molar refractivity (Wildman–Crippen MR) is 118 cm³/mol. The zero-order valence-electron chi connectivity index (χ0n) is 17.8. The second kappa shape index (κ2) is 11.3. The Morgan fingerprint density at radius 1 is 0.636 bits per heavy atom. The van der Waals surface area contributed by atoms with Crippen LogP contribution in [0.2, 0.25) is 0 Å². The third-order valence-corrected chi connectivity index (χ3v) is 4.63. The summed E-state index contributed by atoms with van der Waals surface area (Å²) >= 11 is 0. The predicted octanol–water partition coefficient (Wildman–Crippen LogP) is 3.46. The Hall–Kier alpha value is -3.66. The van der Waals surface area contributed by atoms with E-state index in [1.165, 1.54) is 0 Å². The van der Waals surface area contributed by atoms with Gasteiger partial charge in [-0.25, -0.2) is 0 Å². The molecule has 0 aliphatic heterocycles. The van der Waals surface area contributed by atoms with Crippen molar-refractivity contribution in [2.24, 2.45) is 0 Å². The fourth-order valence-corrected chi connectivity index (χ4v) is 3.06. The Kier molecular flexibility index (Phi) is 7.70. The van der Waals surface area contributed by atoms with Crippen molar-refractivity contribution in [1.82, 2.24) is 10.3 Å². The van der Waals surface area contributed by atoms with Crippen molar-refractivity contribution in [3.63, 3.8) is 0 Å². The van der Waals surface area contributed by atoms with Gasteiger partial charge in [0.2, 0.25) is 0 Å². The van der Waals surface area contributed by atoms with E-state index in [9.17, 15) is 0 Å². The normalized spacial score (nSPS) is 11.0. The first-order chi connectivity index (χ1) is 16.2. The molecule has 9 heteroatoms. The molecule has 0 radical (unpaired) electrons. The topological polar surface area (TPSA) is 120 Å². The summed E-state index contributed by atoms with van der Waals surface area (Å²) in [5, 5.41) is 25.8. The Balaban J connectivity index is 1.27. The largest absolute Gasteiger partial charge is 0.491 e. The number of aliphatic hydroxyl groups excluding tert-OH is 2. The van der Waals surface area contributed by atoms with E-state index in [4.69, 9.17) is 33.5 Å². The Bertz CT molecular complexity index is 1030. The number of aromatic nitrogens is 2. The number of rotatable bonds is 12. The van der Waals surface area contributed by atoms with Crippen molar-refractivity contribution in [1.29, 1.82) is 0 Å². The molecule has 0 unspecified atom stereocenters. The number of ether oxygens (including phenoxy) is 3. The highest BCUT2D eigenvalue weighted by Gasteiger charge is 2.10. The second-order valence-corrected chi connectivity index (χ2v) is 7.04. The lowest BCUT2D eigenvalue weighted by Crippen LogP contribution is -2.01. The first-order valence-corrected chi connectivity index (χ1v) is 10.4. The van der Waals surface area contributed by atoms with E-state index < -0.39 is 0 Å². The average Bonchev–Trinajstić information content (AvgIpc) is 3.52. The van der Waals surface area contributed by atoms with Gasteiger partial charge in [0.05, 0.1) is 13.2 Å². The summed E-state index contributed by atoms with van der Waals surface area (Å²) in [4.78, 5) is 0. The van der Waals surface area contributed by atoms with E-state index in [2.05, 4.69) is 10.3 Å². The highest BCUT2D eigenvalue weighted by atomic mass is 16.5. The van der Waals surface area contributed by atoms with Crippen LogP contribution in [0.1, 0.15) is 11.5 Å². The second-order valence-electron chi connectivity index (χ2n) is 7.04. The van der Waals surface area contributed by atoms with Crippen LogP contribution in [0, 0.1) is 0 Å². The maximum atomic E-state index is 8.81. The number of hydrogen-bond donors (Lipinski definition) is 2. The zero-order chi connectivity index (χ0) is 22.9. The molecule has 2 aromatic carbocycles. The van der Waals surface area contributed by atoms with Crippen molar-refractivity contribution < 1.29 is 33.5 Å². The quantitative estimate of drug-likeness (QED) is 0.333.